The minimum Gasteiger partial charge on any atom is -0.462 e. The van der Waals surface area contributed by atoms with E-state index in [1.807, 2.05) is 18.3 Å². The summed E-state index contributed by atoms with van der Waals surface area (Å²) in [6.45, 7) is 13.1. The molecule has 2 heterocycles. The van der Waals surface area contributed by atoms with Gasteiger partial charge in [-0.2, -0.15) is 9.97 Å². The van der Waals surface area contributed by atoms with Gasteiger partial charge in [-0.3, -0.25) is 4.90 Å². The molecule has 0 saturated carbocycles. The first kappa shape index (κ1) is 23.0. The zero-order chi connectivity index (χ0) is 21.9. The van der Waals surface area contributed by atoms with Gasteiger partial charge >= 0.3 is 6.01 Å². The fourth-order valence-corrected chi connectivity index (χ4v) is 3.51. The Morgan fingerprint density at radius 3 is 2.77 bits per heavy atom. The van der Waals surface area contributed by atoms with Crippen LogP contribution in [-0.4, -0.2) is 67.4 Å². The lowest BCUT2D eigenvalue weighted by Crippen LogP contribution is -2.38. The molecule has 1 fully saturated rings. The molecule has 31 heavy (non-hydrogen) atoms. The standard InChI is InChI=1S/C24H35N5O2/c1-4-11-29(5-2)23-19-22(25-10-9-21-8-6-7-20(3)18-21)26-24(27-23)31-17-14-28-12-15-30-16-13-28/h6-10,18-19H,4-5,11-17H2,1-3H3,(H,25,26,27)/b10-9+. The van der Waals surface area contributed by atoms with E-state index in [9.17, 15) is 0 Å². The van der Waals surface area contributed by atoms with Crippen molar-refractivity contribution in [3.05, 3.63) is 47.7 Å². The minimum atomic E-state index is 0.409. The van der Waals surface area contributed by atoms with Crippen molar-refractivity contribution in [1.82, 2.24) is 14.9 Å². The fraction of sp³-hybridized carbons (Fsp3) is 0.500. The Kier molecular flexibility index (Phi) is 9.12. The summed E-state index contributed by atoms with van der Waals surface area (Å²) in [5.74, 6) is 1.61. The molecule has 2 aromatic rings. The van der Waals surface area contributed by atoms with Gasteiger partial charge in [0.25, 0.3) is 0 Å². The third-order valence-electron chi connectivity index (χ3n) is 5.18. The van der Waals surface area contributed by atoms with Gasteiger partial charge in [-0.15, -0.1) is 0 Å². The van der Waals surface area contributed by atoms with Crippen LogP contribution in [0.15, 0.2) is 36.5 Å². The number of aryl methyl sites for hydroxylation is 1. The van der Waals surface area contributed by atoms with Crippen LogP contribution in [0.25, 0.3) is 6.08 Å². The van der Waals surface area contributed by atoms with E-state index in [-0.39, 0.29) is 0 Å². The van der Waals surface area contributed by atoms with Gasteiger partial charge in [-0.1, -0.05) is 36.8 Å². The first-order valence-corrected chi connectivity index (χ1v) is 11.2. The summed E-state index contributed by atoms with van der Waals surface area (Å²) in [4.78, 5) is 13.8. The molecule has 1 saturated heterocycles. The number of benzene rings is 1. The van der Waals surface area contributed by atoms with E-state index < -0.39 is 0 Å². The largest absolute Gasteiger partial charge is 0.462 e. The van der Waals surface area contributed by atoms with Crippen LogP contribution in [0.3, 0.4) is 0 Å². The van der Waals surface area contributed by atoms with Crippen LogP contribution in [-0.2, 0) is 4.74 Å². The lowest BCUT2D eigenvalue weighted by molar-refractivity contribution is 0.0317. The topological polar surface area (TPSA) is 62.8 Å². The molecule has 0 atom stereocenters. The summed E-state index contributed by atoms with van der Waals surface area (Å²) in [6.07, 6.45) is 5.01. The maximum Gasteiger partial charge on any atom is 0.320 e. The number of anilines is 2. The van der Waals surface area contributed by atoms with Crippen molar-refractivity contribution >= 4 is 17.7 Å². The summed E-state index contributed by atoms with van der Waals surface area (Å²) in [6, 6.07) is 10.8. The van der Waals surface area contributed by atoms with E-state index in [1.54, 1.807) is 0 Å². The van der Waals surface area contributed by atoms with Crippen molar-refractivity contribution in [3.63, 3.8) is 0 Å². The molecule has 0 bridgehead atoms. The molecule has 1 aromatic carbocycles. The van der Waals surface area contributed by atoms with Crippen LogP contribution >= 0.6 is 0 Å². The Labute approximate surface area is 186 Å². The van der Waals surface area contributed by atoms with E-state index in [0.29, 0.717) is 12.6 Å². The number of morpholine rings is 1. The first-order chi connectivity index (χ1) is 15.2. The Bertz CT molecular complexity index is 836. The van der Waals surface area contributed by atoms with E-state index in [0.717, 1.165) is 69.6 Å². The summed E-state index contributed by atoms with van der Waals surface area (Å²) >= 11 is 0. The molecular formula is C24H35N5O2. The van der Waals surface area contributed by atoms with E-state index in [1.165, 1.54) is 5.56 Å². The third-order valence-corrected chi connectivity index (χ3v) is 5.18. The average Bonchev–Trinajstić information content (AvgIpc) is 2.78. The van der Waals surface area contributed by atoms with Gasteiger partial charge in [0, 0.05) is 45.0 Å². The Morgan fingerprint density at radius 1 is 1.19 bits per heavy atom. The number of nitrogens with zero attached hydrogens (tertiary/aromatic N) is 4. The van der Waals surface area contributed by atoms with E-state index >= 15 is 0 Å². The number of hydrogen-bond acceptors (Lipinski definition) is 7. The molecule has 168 valence electrons. The van der Waals surface area contributed by atoms with Gasteiger partial charge in [0.15, 0.2) is 0 Å². The second kappa shape index (κ2) is 12.3. The SMILES string of the molecule is CCCN(CC)c1cc(N/C=C/c2cccc(C)c2)nc(OCCN2CCOCC2)n1. The molecule has 1 aliphatic heterocycles. The maximum atomic E-state index is 5.95. The van der Waals surface area contributed by atoms with Crippen molar-refractivity contribution in [2.45, 2.75) is 27.2 Å². The van der Waals surface area contributed by atoms with Crippen molar-refractivity contribution in [2.75, 3.05) is 62.8 Å². The lowest BCUT2D eigenvalue weighted by Gasteiger charge is -2.26. The first-order valence-electron chi connectivity index (χ1n) is 11.2. The number of nitrogens with one attached hydrogen (secondary N) is 1. The number of ether oxygens (including phenoxy) is 2. The second-order valence-corrected chi connectivity index (χ2v) is 7.67. The van der Waals surface area contributed by atoms with Crippen molar-refractivity contribution in [1.29, 1.82) is 0 Å². The summed E-state index contributed by atoms with van der Waals surface area (Å²) in [5, 5.41) is 3.29. The van der Waals surface area contributed by atoms with E-state index in [2.05, 4.69) is 70.1 Å². The van der Waals surface area contributed by atoms with Gasteiger partial charge in [0.1, 0.15) is 18.2 Å². The lowest BCUT2D eigenvalue weighted by atomic mass is 10.1. The zero-order valence-electron chi connectivity index (χ0n) is 19.0. The molecule has 0 radical (unpaired) electrons. The molecule has 0 amide bonds. The van der Waals surface area contributed by atoms with Crippen LogP contribution in [0.2, 0.25) is 0 Å². The van der Waals surface area contributed by atoms with Gasteiger partial charge in [0.2, 0.25) is 0 Å². The third kappa shape index (κ3) is 7.52. The van der Waals surface area contributed by atoms with Crippen molar-refractivity contribution < 1.29 is 9.47 Å². The van der Waals surface area contributed by atoms with E-state index in [4.69, 9.17) is 9.47 Å². The van der Waals surface area contributed by atoms with Crippen LogP contribution in [0.1, 0.15) is 31.4 Å². The highest BCUT2D eigenvalue weighted by Crippen LogP contribution is 2.20. The highest BCUT2D eigenvalue weighted by atomic mass is 16.5. The number of hydrogen-bond donors (Lipinski definition) is 1. The summed E-state index contributed by atoms with van der Waals surface area (Å²) in [5.41, 5.74) is 2.38. The smallest absolute Gasteiger partial charge is 0.320 e. The van der Waals surface area contributed by atoms with Gasteiger partial charge in [-0.25, -0.2) is 0 Å². The predicted molar refractivity (Wildman–Crippen MR) is 127 cm³/mol. The summed E-state index contributed by atoms with van der Waals surface area (Å²) in [7, 11) is 0. The molecule has 0 aliphatic carbocycles. The highest BCUT2D eigenvalue weighted by molar-refractivity contribution is 5.56. The molecule has 7 nitrogen and oxygen atoms in total. The second-order valence-electron chi connectivity index (χ2n) is 7.67. The fourth-order valence-electron chi connectivity index (χ4n) is 3.51. The molecule has 1 N–H and O–H groups in total. The Hall–Kier alpha value is -2.64. The maximum absolute atomic E-state index is 5.95. The van der Waals surface area contributed by atoms with Gasteiger partial charge in [-0.05, 0) is 31.9 Å². The molecule has 1 aliphatic rings. The highest BCUT2D eigenvalue weighted by Gasteiger charge is 2.13. The van der Waals surface area contributed by atoms with Crippen LogP contribution in [0.5, 0.6) is 6.01 Å². The molecular weight excluding hydrogens is 390 g/mol. The normalized spacial score (nSPS) is 14.7. The van der Waals surface area contributed by atoms with Crippen LogP contribution in [0, 0.1) is 6.92 Å². The summed E-state index contributed by atoms with van der Waals surface area (Å²) < 4.78 is 11.4. The quantitative estimate of drug-likeness (QED) is 0.587. The number of rotatable bonds is 11. The van der Waals surface area contributed by atoms with Crippen LogP contribution in [0.4, 0.5) is 11.6 Å². The molecule has 3 rings (SSSR count). The van der Waals surface area contributed by atoms with Crippen molar-refractivity contribution in [2.24, 2.45) is 0 Å². The molecule has 0 spiro atoms. The average molecular weight is 426 g/mol. The van der Waals surface area contributed by atoms with Gasteiger partial charge < -0.3 is 19.7 Å². The zero-order valence-corrected chi connectivity index (χ0v) is 19.0. The Balaban J connectivity index is 1.69. The number of aromatic nitrogens is 2. The molecule has 1 aromatic heterocycles. The van der Waals surface area contributed by atoms with Gasteiger partial charge in [0.05, 0.1) is 13.2 Å². The predicted octanol–water partition coefficient (Wildman–Crippen LogP) is 3.82. The minimum absolute atomic E-state index is 0.409. The monoisotopic (exact) mass is 425 g/mol. The molecule has 7 heteroatoms. The molecule has 0 unspecified atom stereocenters. The van der Waals surface area contributed by atoms with Crippen molar-refractivity contribution in [3.8, 4) is 6.01 Å². The van der Waals surface area contributed by atoms with Crippen LogP contribution < -0.4 is 15.0 Å². The Morgan fingerprint density at radius 2 is 2.03 bits per heavy atom.